The van der Waals surface area contributed by atoms with Crippen molar-refractivity contribution >= 4 is 0 Å². The van der Waals surface area contributed by atoms with Crippen molar-refractivity contribution < 1.29 is 0 Å². The van der Waals surface area contributed by atoms with Gasteiger partial charge in [0.2, 0.25) is 0 Å². The Labute approximate surface area is 107 Å². The molecule has 0 bridgehead atoms. The minimum absolute atomic E-state index is 0.0885. The van der Waals surface area contributed by atoms with E-state index in [-0.39, 0.29) is 5.41 Å². The minimum Gasteiger partial charge on any atom is -0.345 e. The van der Waals surface area contributed by atoms with Gasteiger partial charge in [-0.25, -0.2) is 4.98 Å². The SMILES string of the molecule is Cc1[nH]c(C2(CN)CCC2)nc1-c1cccnc1. The van der Waals surface area contributed by atoms with Gasteiger partial charge in [-0.3, -0.25) is 4.98 Å². The van der Waals surface area contributed by atoms with Crippen LogP contribution in [0.1, 0.15) is 30.8 Å². The topological polar surface area (TPSA) is 67.6 Å². The molecular weight excluding hydrogens is 224 g/mol. The average Bonchev–Trinajstić information content (AvgIpc) is 2.72. The summed E-state index contributed by atoms with van der Waals surface area (Å²) in [6.45, 7) is 2.73. The fourth-order valence-corrected chi connectivity index (χ4v) is 2.64. The lowest BCUT2D eigenvalue weighted by Crippen LogP contribution is -2.42. The molecule has 18 heavy (non-hydrogen) atoms. The molecule has 1 aliphatic rings. The molecule has 1 fully saturated rings. The molecular formula is C14H18N4. The molecule has 3 N–H and O–H groups in total. The summed E-state index contributed by atoms with van der Waals surface area (Å²) < 4.78 is 0. The van der Waals surface area contributed by atoms with Gasteiger partial charge in [0.25, 0.3) is 0 Å². The maximum Gasteiger partial charge on any atom is 0.114 e. The second kappa shape index (κ2) is 4.21. The lowest BCUT2D eigenvalue weighted by Gasteiger charge is -2.39. The van der Waals surface area contributed by atoms with E-state index in [0.29, 0.717) is 6.54 Å². The third-order valence-electron chi connectivity index (χ3n) is 4.02. The Balaban J connectivity index is 2.01. The number of hydrogen-bond acceptors (Lipinski definition) is 3. The van der Waals surface area contributed by atoms with Crippen molar-refractivity contribution in [3.63, 3.8) is 0 Å². The van der Waals surface area contributed by atoms with E-state index < -0.39 is 0 Å². The zero-order valence-corrected chi connectivity index (χ0v) is 10.6. The lowest BCUT2D eigenvalue weighted by atomic mass is 9.68. The van der Waals surface area contributed by atoms with E-state index >= 15 is 0 Å². The largest absolute Gasteiger partial charge is 0.345 e. The van der Waals surface area contributed by atoms with Gasteiger partial charge in [-0.1, -0.05) is 6.42 Å². The standard InChI is InChI=1S/C14H18N4/c1-10-12(11-4-2-7-16-8-11)18-13(17-10)14(9-15)5-3-6-14/h2,4,7-8H,3,5-6,9,15H2,1H3,(H,17,18). The third kappa shape index (κ3) is 1.64. The fraction of sp³-hybridized carbons (Fsp3) is 0.429. The van der Waals surface area contributed by atoms with Gasteiger partial charge in [-0.2, -0.15) is 0 Å². The van der Waals surface area contributed by atoms with Gasteiger partial charge in [-0.15, -0.1) is 0 Å². The summed E-state index contributed by atoms with van der Waals surface area (Å²) in [7, 11) is 0. The Kier molecular flexibility index (Phi) is 2.67. The van der Waals surface area contributed by atoms with Crippen LogP contribution in [0.15, 0.2) is 24.5 Å². The predicted molar refractivity (Wildman–Crippen MR) is 71.1 cm³/mol. The second-order valence-corrected chi connectivity index (χ2v) is 5.14. The Morgan fingerprint density at radius 3 is 2.83 bits per heavy atom. The van der Waals surface area contributed by atoms with Gasteiger partial charge in [0.15, 0.2) is 0 Å². The van der Waals surface area contributed by atoms with Crippen molar-refractivity contribution in [2.75, 3.05) is 6.54 Å². The van der Waals surface area contributed by atoms with Gasteiger partial charge in [0, 0.05) is 35.6 Å². The number of pyridine rings is 1. The third-order valence-corrected chi connectivity index (χ3v) is 4.02. The molecule has 2 heterocycles. The molecule has 0 unspecified atom stereocenters. The van der Waals surface area contributed by atoms with E-state index in [1.165, 1.54) is 6.42 Å². The number of aromatic amines is 1. The molecule has 3 rings (SSSR count). The first-order chi connectivity index (χ1) is 8.75. The zero-order valence-electron chi connectivity index (χ0n) is 10.6. The van der Waals surface area contributed by atoms with E-state index in [1.807, 2.05) is 18.3 Å². The smallest absolute Gasteiger partial charge is 0.114 e. The number of rotatable bonds is 3. The molecule has 0 saturated heterocycles. The monoisotopic (exact) mass is 242 g/mol. The molecule has 2 aromatic heterocycles. The van der Waals surface area contributed by atoms with Crippen LogP contribution >= 0.6 is 0 Å². The van der Waals surface area contributed by atoms with Crippen molar-refractivity contribution in [1.82, 2.24) is 15.0 Å². The van der Waals surface area contributed by atoms with Crippen LogP contribution in [-0.2, 0) is 5.41 Å². The maximum atomic E-state index is 5.93. The van der Waals surface area contributed by atoms with Gasteiger partial charge < -0.3 is 10.7 Å². The Hall–Kier alpha value is -1.68. The highest BCUT2D eigenvalue weighted by molar-refractivity contribution is 5.60. The van der Waals surface area contributed by atoms with Crippen LogP contribution in [0.5, 0.6) is 0 Å². The summed E-state index contributed by atoms with van der Waals surface area (Å²) >= 11 is 0. The number of H-pyrrole nitrogens is 1. The Morgan fingerprint density at radius 2 is 2.28 bits per heavy atom. The summed E-state index contributed by atoms with van der Waals surface area (Å²) in [6, 6.07) is 3.97. The van der Waals surface area contributed by atoms with Gasteiger partial charge in [0.05, 0.1) is 5.69 Å². The molecule has 1 saturated carbocycles. The van der Waals surface area contributed by atoms with E-state index in [2.05, 4.69) is 16.9 Å². The molecule has 1 aliphatic carbocycles. The van der Waals surface area contributed by atoms with Gasteiger partial charge in [-0.05, 0) is 31.9 Å². The molecule has 4 heteroatoms. The molecule has 0 aliphatic heterocycles. The summed E-state index contributed by atoms with van der Waals surface area (Å²) in [6.07, 6.45) is 7.16. The molecule has 0 radical (unpaired) electrons. The first kappa shape index (κ1) is 11.4. The highest BCUT2D eigenvalue weighted by atomic mass is 15.0. The van der Waals surface area contributed by atoms with Crippen LogP contribution in [0.3, 0.4) is 0 Å². The molecule has 0 amide bonds. The summed E-state index contributed by atoms with van der Waals surface area (Å²) in [5.41, 5.74) is 9.17. The van der Waals surface area contributed by atoms with Crippen LogP contribution in [0.4, 0.5) is 0 Å². The Bertz CT molecular complexity index is 535. The van der Waals surface area contributed by atoms with Gasteiger partial charge in [0.1, 0.15) is 5.82 Å². The maximum absolute atomic E-state index is 5.93. The molecule has 2 aromatic rings. The molecule has 0 aromatic carbocycles. The van der Waals surface area contributed by atoms with E-state index in [1.54, 1.807) is 6.20 Å². The molecule has 0 atom stereocenters. The molecule has 94 valence electrons. The highest BCUT2D eigenvalue weighted by Crippen LogP contribution is 2.42. The molecule has 0 spiro atoms. The second-order valence-electron chi connectivity index (χ2n) is 5.14. The quantitative estimate of drug-likeness (QED) is 0.866. The summed E-state index contributed by atoms with van der Waals surface area (Å²) in [5.74, 6) is 1.05. The number of imidazole rings is 1. The van der Waals surface area contributed by atoms with Gasteiger partial charge >= 0.3 is 0 Å². The van der Waals surface area contributed by atoms with Crippen LogP contribution in [0.2, 0.25) is 0 Å². The van der Waals surface area contributed by atoms with Crippen molar-refractivity contribution in [2.24, 2.45) is 5.73 Å². The number of nitrogens with zero attached hydrogens (tertiary/aromatic N) is 2. The van der Waals surface area contributed by atoms with Crippen LogP contribution in [0.25, 0.3) is 11.3 Å². The first-order valence-corrected chi connectivity index (χ1v) is 6.43. The van der Waals surface area contributed by atoms with Crippen molar-refractivity contribution in [2.45, 2.75) is 31.6 Å². The van der Waals surface area contributed by atoms with Crippen LogP contribution in [-0.4, -0.2) is 21.5 Å². The highest BCUT2D eigenvalue weighted by Gasteiger charge is 2.40. The van der Waals surface area contributed by atoms with E-state index in [9.17, 15) is 0 Å². The number of nitrogens with two attached hydrogens (primary N) is 1. The van der Waals surface area contributed by atoms with Crippen LogP contribution in [0, 0.1) is 6.92 Å². The average molecular weight is 242 g/mol. The zero-order chi connectivity index (χ0) is 12.6. The van der Waals surface area contributed by atoms with Crippen LogP contribution < -0.4 is 5.73 Å². The first-order valence-electron chi connectivity index (χ1n) is 6.43. The molecule has 4 nitrogen and oxygen atoms in total. The number of aryl methyl sites for hydroxylation is 1. The predicted octanol–water partition coefficient (Wildman–Crippen LogP) is 2.16. The van der Waals surface area contributed by atoms with E-state index in [4.69, 9.17) is 10.7 Å². The Morgan fingerprint density at radius 1 is 1.44 bits per heavy atom. The number of aromatic nitrogens is 3. The minimum atomic E-state index is 0.0885. The summed E-state index contributed by atoms with van der Waals surface area (Å²) in [4.78, 5) is 12.3. The van der Waals surface area contributed by atoms with Crippen molar-refractivity contribution in [1.29, 1.82) is 0 Å². The summed E-state index contributed by atoms with van der Waals surface area (Å²) in [5, 5.41) is 0. The lowest BCUT2D eigenvalue weighted by molar-refractivity contribution is 0.239. The number of hydrogen-bond donors (Lipinski definition) is 2. The van der Waals surface area contributed by atoms with Crippen molar-refractivity contribution in [3.8, 4) is 11.3 Å². The fourth-order valence-electron chi connectivity index (χ4n) is 2.64. The normalized spacial score (nSPS) is 17.4. The van der Waals surface area contributed by atoms with E-state index in [0.717, 1.165) is 35.6 Å². The number of nitrogens with one attached hydrogen (secondary N) is 1. The van der Waals surface area contributed by atoms with Crippen molar-refractivity contribution in [3.05, 3.63) is 36.0 Å².